The summed E-state index contributed by atoms with van der Waals surface area (Å²) < 4.78 is 0. The Balaban J connectivity index is 2.77. The van der Waals surface area contributed by atoms with E-state index in [0.717, 1.165) is 25.7 Å². The first-order valence-electron chi connectivity index (χ1n) is 5.40. The maximum absolute atomic E-state index is 11.9. The van der Waals surface area contributed by atoms with Crippen LogP contribution in [0.4, 0.5) is 0 Å². The lowest BCUT2D eigenvalue weighted by Crippen LogP contribution is -2.57. The van der Waals surface area contributed by atoms with Crippen molar-refractivity contribution in [2.24, 2.45) is 11.1 Å². The monoisotopic (exact) mass is 228 g/mol. The summed E-state index contributed by atoms with van der Waals surface area (Å²) in [5, 5.41) is 3.03. The van der Waals surface area contributed by atoms with Crippen molar-refractivity contribution in [2.45, 2.75) is 52.0 Å². The van der Waals surface area contributed by atoms with Crippen LogP contribution in [0.1, 0.15) is 46.5 Å². The Morgan fingerprint density at radius 3 is 2.13 bits per heavy atom. The molecule has 0 aromatic heterocycles. The molecule has 15 heavy (non-hydrogen) atoms. The minimum Gasteiger partial charge on any atom is -0.391 e. The van der Waals surface area contributed by atoms with Crippen LogP contribution < -0.4 is 11.1 Å². The molecule has 1 rings (SSSR count). The average Bonchev–Trinajstić information content (AvgIpc) is 2.52. The Hall–Kier alpha value is -0.640. The number of hydrogen-bond donors (Lipinski definition) is 2. The van der Waals surface area contributed by atoms with Crippen LogP contribution in [0.2, 0.25) is 0 Å². The topological polar surface area (TPSA) is 55.1 Å². The summed E-state index contributed by atoms with van der Waals surface area (Å²) in [4.78, 5) is 12.3. The quantitative estimate of drug-likeness (QED) is 0.708. The van der Waals surface area contributed by atoms with Gasteiger partial charge in [-0.05, 0) is 12.8 Å². The molecule has 1 aliphatic rings. The van der Waals surface area contributed by atoms with E-state index in [4.69, 9.17) is 18.0 Å². The van der Waals surface area contributed by atoms with Gasteiger partial charge in [0.15, 0.2) is 0 Å². The van der Waals surface area contributed by atoms with Gasteiger partial charge in [0.05, 0.1) is 10.5 Å². The van der Waals surface area contributed by atoms with Gasteiger partial charge in [-0.1, -0.05) is 45.8 Å². The summed E-state index contributed by atoms with van der Waals surface area (Å²) >= 11 is 5.07. The van der Waals surface area contributed by atoms with Crippen LogP contribution in [0, 0.1) is 5.41 Å². The molecule has 1 aliphatic carbocycles. The molecule has 1 fully saturated rings. The number of nitrogens with one attached hydrogen (secondary N) is 1. The molecule has 86 valence electrons. The number of nitrogens with two attached hydrogens (primary N) is 1. The molecule has 3 nitrogen and oxygen atoms in total. The predicted molar refractivity (Wildman–Crippen MR) is 65.6 cm³/mol. The Bertz CT molecular complexity index is 275. The van der Waals surface area contributed by atoms with Gasteiger partial charge < -0.3 is 11.1 Å². The molecule has 4 heteroatoms. The smallest absolute Gasteiger partial charge is 0.226 e. The van der Waals surface area contributed by atoms with Gasteiger partial charge in [-0.15, -0.1) is 0 Å². The lowest BCUT2D eigenvalue weighted by atomic mass is 9.91. The zero-order chi connectivity index (χ0) is 11.7. The first kappa shape index (κ1) is 12.4. The normalized spacial score (nSPS) is 19.9. The summed E-state index contributed by atoms with van der Waals surface area (Å²) in [6, 6.07) is 0. The fourth-order valence-corrected chi connectivity index (χ4v) is 2.07. The van der Waals surface area contributed by atoms with Crippen LogP contribution in [0.15, 0.2) is 0 Å². The van der Waals surface area contributed by atoms with E-state index in [1.807, 2.05) is 20.8 Å². The maximum atomic E-state index is 11.9. The largest absolute Gasteiger partial charge is 0.391 e. The van der Waals surface area contributed by atoms with Gasteiger partial charge in [-0.25, -0.2) is 0 Å². The van der Waals surface area contributed by atoms with Crippen molar-refractivity contribution in [3.8, 4) is 0 Å². The van der Waals surface area contributed by atoms with Gasteiger partial charge in [-0.3, -0.25) is 4.79 Å². The summed E-state index contributed by atoms with van der Waals surface area (Å²) in [7, 11) is 0. The zero-order valence-corrected chi connectivity index (χ0v) is 10.5. The highest BCUT2D eigenvalue weighted by Crippen LogP contribution is 2.31. The van der Waals surface area contributed by atoms with Crippen molar-refractivity contribution >= 4 is 23.1 Å². The van der Waals surface area contributed by atoms with Crippen molar-refractivity contribution in [1.29, 1.82) is 0 Å². The molecular weight excluding hydrogens is 208 g/mol. The highest BCUT2D eigenvalue weighted by molar-refractivity contribution is 7.80. The molecule has 0 aliphatic heterocycles. The molecule has 0 aromatic carbocycles. The van der Waals surface area contributed by atoms with Gasteiger partial charge in [0.25, 0.3) is 0 Å². The van der Waals surface area contributed by atoms with Crippen LogP contribution in [-0.2, 0) is 4.79 Å². The third-order valence-corrected chi connectivity index (χ3v) is 3.35. The van der Waals surface area contributed by atoms with Crippen LogP contribution in [0.25, 0.3) is 0 Å². The number of carbonyl (C=O) groups excluding carboxylic acids is 1. The summed E-state index contributed by atoms with van der Waals surface area (Å²) in [5.74, 6) is 0.0252. The van der Waals surface area contributed by atoms with E-state index in [1.165, 1.54) is 0 Å². The Morgan fingerprint density at radius 1 is 1.33 bits per heavy atom. The van der Waals surface area contributed by atoms with E-state index < -0.39 is 5.54 Å². The van der Waals surface area contributed by atoms with Gasteiger partial charge >= 0.3 is 0 Å². The van der Waals surface area contributed by atoms with Crippen LogP contribution in [0.3, 0.4) is 0 Å². The van der Waals surface area contributed by atoms with Crippen molar-refractivity contribution in [2.75, 3.05) is 0 Å². The summed E-state index contributed by atoms with van der Waals surface area (Å²) in [6.07, 6.45) is 3.93. The van der Waals surface area contributed by atoms with E-state index in [2.05, 4.69) is 5.32 Å². The Labute approximate surface area is 96.8 Å². The number of hydrogen-bond acceptors (Lipinski definition) is 2. The van der Waals surface area contributed by atoms with E-state index >= 15 is 0 Å². The highest BCUT2D eigenvalue weighted by atomic mass is 32.1. The van der Waals surface area contributed by atoms with E-state index in [9.17, 15) is 4.79 Å². The molecule has 0 saturated heterocycles. The third kappa shape index (κ3) is 2.68. The number of carbonyl (C=O) groups is 1. The molecule has 0 heterocycles. The average molecular weight is 228 g/mol. The Morgan fingerprint density at radius 2 is 1.80 bits per heavy atom. The molecule has 0 atom stereocenters. The number of rotatable bonds is 2. The van der Waals surface area contributed by atoms with E-state index in [1.54, 1.807) is 0 Å². The van der Waals surface area contributed by atoms with Crippen molar-refractivity contribution in [1.82, 2.24) is 5.32 Å². The van der Waals surface area contributed by atoms with E-state index in [-0.39, 0.29) is 11.3 Å². The molecule has 0 bridgehead atoms. The SMILES string of the molecule is CC(C)(C)C(=O)NC1(C(N)=S)CCCC1. The zero-order valence-electron chi connectivity index (χ0n) is 9.72. The van der Waals surface area contributed by atoms with Gasteiger partial charge in [0.1, 0.15) is 0 Å². The lowest BCUT2D eigenvalue weighted by molar-refractivity contribution is -0.129. The fourth-order valence-electron chi connectivity index (χ4n) is 1.82. The first-order chi connectivity index (χ1) is 6.78. The van der Waals surface area contributed by atoms with Gasteiger partial charge in [-0.2, -0.15) is 0 Å². The molecule has 0 unspecified atom stereocenters. The number of amides is 1. The minimum atomic E-state index is -0.417. The molecule has 3 N–H and O–H groups in total. The lowest BCUT2D eigenvalue weighted by Gasteiger charge is -2.32. The predicted octanol–water partition coefficient (Wildman–Crippen LogP) is 1.75. The molecule has 1 saturated carbocycles. The maximum Gasteiger partial charge on any atom is 0.226 e. The third-order valence-electron chi connectivity index (χ3n) is 2.96. The second-order valence-corrected chi connectivity index (χ2v) is 5.80. The van der Waals surface area contributed by atoms with Crippen LogP contribution >= 0.6 is 12.2 Å². The van der Waals surface area contributed by atoms with Crippen molar-refractivity contribution < 1.29 is 4.79 Å². The molecule has 0 radical (unpaired) electrons. The summed E-state index contributed by atoms with van der Waals surface area (Å²) in [6.45, 7) is 5.68. The van der Waals surface area contributed by atoms with Crippen molar-refractivity contribution in [3.05, 3.63) is 0 Å². The van der Waals surface area contributed by atoms with Crippen LogP contribution in [0.5, 0.6) is 0 Å². The minimum absolute atomic E-state index is 0.0252. The standard InChI is InChI=1S/C11H20N2OS/c1-10(2,3)9(14)13-11(8(12)15)6-4-5-7-11/h4-7H2,1-3H3,(H2,12,15)(H,13,14). The second-order valence-electron chi connectivity index (χ2n) is 5.36. The molecule has 0 aromatic rings. The van der Waals surface area contributed by atoms with Gasteiger partial charge in [0, 0.05) is 5.41 Å². The summed E-state index contributed by atoms with van der Waals surface area (Å²) in [5.41, 5.74) is 4.94. The molecular formula is C11H20N2OS. The van der Waals surface area contributed by atoms with Crippen LogP contribution in [-0.4, -0.2) is 16.4 Å². The number of thiocarbonyl (C=S) groups is 1. The Kier molecular flexibility index (Phi) is 3.38. The second kappa shape index (κ2) is 4.08. The van der Waals surface area contributed by atoms with E-state index in [0.29, 0.717) is 4.99 Å². The molecule has 0 spiro atoms. The van der Waals surface area contributed by atoms with Crippen molar-refractivity contribution in [3.63, 3.8) is 0 Å². The highest BCUT2D eigenvalue weighted by Gasteiger charge is 2.40. The first-order valence-corrected chi connectivity index (χ1v) is 5.81. The van der Waals surface area contributed by atoms with Gasteiger partial charge in [0.2, 0.25) is 5.91 Å². The molecule has 1 amide bonds. The fraction of sp³-hybridized carbons (Fsp3) is 0.818.